The Morgan fingerprint density at radius 3 is 2.75 bits per heavy atom. The van der Waals surface area contributed by atoms with Crippen LogP contribution in [0.25, 0.3) is 6.08 Å². The van der Waals surface area contributed by atoms with Crippen LogP contribution in [0.5, 0.6) is 0 Å². The molecule has 0 atom stereocenters. The summed E-state index contributed by atoms with van der Waals surface area (Å²) in [6.45, 7) is 0. The highest BCUT2D eigenvalue weighted by Gasteiger charge is 1.89. The molecule has 1 amide bonds. The Labute approximate surface area is 69.5 Å². The molecule has 62 valence electrons. The van der Waals surface area contributed by atoms with Crippen LogP contribution in [0.15, 0.2) is 30.6 Å². The van der Waals surface area contributed by atoms with Crippen LogP contribution in [0.4, 0.5) is 0 Å². The molecule has 0 bridgehead atoms. The fourth-order valence-electron chi connectivity index (χ4n) is 0.684. The average molecular weight is 164 g/mol. The Morgan fingerprint density at radius 2 is 2.17 bits per heavy atom. The maximum Gasteiger partial charge on any atom is 0.267 e. The summed E-state index contributed by atoms with van der Waals surface area (Å²) in [4.78, 5) is 14.3. The van der Waals surface area contributed by atoms with Crippen molar-refractivity contribution >= 4 is 12.0 Å². The predicted octanol–water partition coefficient (Wildman–Crippen LogP) is 0.600. The zero-order chi connectivity index (χ0) is 8.81. The molecule has 1 aromatic rings. The molecule has 0 spiro atoms. The molecule has 0 aliphatic heterocycles. The van der Waals surface area contributed by atoms with E-state index in [0.717, 1.165) is 5.56 Å². The van der Waals surface area contributed by atoms with Crippen molar-refractivity contribution in [3.8, 4) is 0 Å². The van der Waals surface area contributed by atoms with Crippen LogP contribution in [-0.4, -0.2) is 16.1 Å². The average Bonchev–Trinajstić information content (AvgIpc) is 2.16. The number of nitrogens with one attached hydrogen (secondary N) is 1. The van der Waals surface area contributed by atoms with E-state index in [0.29, 0.717) is 0 Å². The third-order valence-electron chi connectivity index (χ3n) is 1.24. The van der Waals surface area contributed by atoms with Crippen LogP contribution < -0.4 is 5.48 Å². The molecular weight excluding hydrogens is 156 g/mol. The summed E-state index contributed by atoms with van der Waals surface area (Å²) in [6.07, 6.45) is 6.05. The van der Waals surface area contributed by atoms with Gasteiger partial charge < -0.3 is 0 Å². The number of aromatic nitrogens is 1. The maximum absolute atomic E-state index is 10.5. The molecule has 1 aromatic heterocycles. The molecule has 1 heterocycles. The van der Waals surface area contributed by atoms with Gasteiger partial charge in [-0.15, -0.1) is 0 Å². The van der Waals surface area contributed by atoms with Crippen molar-refractivity contribution in [1.29, 1.82) is 0 Å². The van der Waals surface area contributed by atoms with Crippen molar-refractivity contribution < 1.29 is 10.0 Å². The smallest absolute Gasteiger partial charge is 0.267 e. The van der Waals surface area contributed by atoms with Gasteiger partial charge in [-0.2, -0.15) is 0 Å². The minimum atomic E-state index is -0.549. The van der Waals surface area contributed by atoms with Gasteiger partial charge in [0.2, 0.25) is 0 Å². The fourth-order valence-corrected chi connectivity index (χ4v) is 0.684. The van der Waals surface area contributed by atoms with E-state index >= 15 is 0 Å². The van der Waals surface area contributed by atoms with Crippen molar-refractivity contribution in [1.82, 2.24) is 10.5 Å². The number of nitrogens with zero attached hydrogens (tertiary/aromatic N) is 1. The van der Waals surface area contributed by atoms with Gasteiger partial charge in [0.15, 0.2) is 0 Å². The van der Waals surface area contributed by atoms with Gasteiger partial charge in [0, 0.05) is 18.5 Å². The number of pyridine rings is 1. The predicted molar refractivity (Wildman–Crippen MR) is 43.2 cm³/mol. The summed E-state index contributed by atoms with van der Waals surface area (Å²) in [7, 11) is 0. The molecule has 0 saturated carbocycles. The van der Waals surface area contributed by atoms with Gasteiger partial charge in [0.1, 0.15) is 0 Å². The Bertz CT molecular complexity index is 282. The molecule has 2 N–H and O–H groups in total. The molecule has 0 radical (unpaired) electrons. The quantitative estimate of drug-likeness (QED) is 0.382. The second-order valence-corrected chi connectivity index (χ2v) is 2.09. The number of hydrogen-bond acceptors (Lipinski definition) is 3. The van der Waals surface area contributed by atoms with Gasteiger partial charge in [-0.1, -0.05) is 0 Å². The molecule has 0 fully saturated rings. The van der Waals surface area contributed by atoms with Gasteiger partial charge in [-0.05, 0) is 23.8 Å². The van der Waals surface area contributed by atoms with E-state index < -0.39 is 5.91 Å². The first-order chi connectivity index (χ1) is 5.83. The topological polar surface area (TPSA) is 62.2 Å². The highest BCUT2D eigenvalue weighted by molar-refractivity contribution is 5.90. The van der Waals surface area contributed by atoms with Crippen molar-refractivity contribution in [2.75, 3.05) is 0 Å². The lowest BCUT2D eigenvalue weighted by Crippen LogP contribution is -2.14. The second kappa shape index (κ2) is 4.25. The Hall–Kier alpha value is -1.68. The van der Waals surface area contributed by atoms with Crippen molar-refractivity contribution in [3.05, 3.63) is 36.2 Å². The summed E-state index contributed by atoms with van der Waals surface area (Å²) >= 11 is 0. The molecule has 0 unspecified atom stereocenters. The number of amides is 1. The van der Waals surface area contributed by atoms with E-state index in [1.807, 2.05) is 0 Å². The monoisotopic (exact) mass is 164 g/mol. The third kappa shape index (κ3) is 2.51. The first-order valence-electron chi connectivity index (χ1n) is 3.35. The van der Waals surface area contributed by atoms with Crippen LogP contribution in [-0.2, 0) is 4.79 Å². The summed E-state index contributed by atoms with van der Waals surface area (Å²) in [5.41, 5.74) is 2.35. The largest absolute Gasteiger partial charge is 0.288 e. The van der Waals surface area contributed by atoms with E-state index in [1.165, 1.54) is 11.6 Å². The minimum Gasteiger partial charge on any atom is -0.288 e. The highest BCUT2D eigenvalue weighted by Crippen LogP contribution is 1.97. The standard InChI is InChI=1S/C8H8N2O2/c11-8(10-12)2-1-7-3-5-9-6-4-7/h1-6,12H,(H,10,11)/b2-1+. The van der Waals surface area contributed by atoms with E-state index in [2.05, 4.69) is 4.98 Å². The van der Waals surface area contributed by atoms with Crippen molar-refractivity contribution in [2.45, 2.75) is 0 Å². The molecular formula is C8H8N2O2. The molecule has 4 nitrogen and oxygen atoms in total. The van der Waals surface area contributed by atoms with Crippen LogP contribution >= 0.6 is 0 Å². The Morgan fingerprint density at radius 1 is 1.50 bits per heavy atom. The molecule has 0 aromatic carbocycles. The number of rotatable bonds is 2. The SMILES string of the molecule is O=C(/C=C/c1ccncc1)NO. The van der Waals surface area contributed by atoms with Gasteiger partial charge in [0.05, 0.1) is 0 Å². The lowest BCUT2D eigenvalue weighted by Gasteiger charge is -1.90. The van der Waals surface area contributed by atoms with E-state index in [9.17, 15) is 4.79 Å². The minimum absolute atomic E-state index is 0.549. The van der Waals surface area contributed by atoms with Gasteiger partial charge >= 0.3 is 0 Å². The Kier molecular flexibility index (Phi) is 2.98. The third-order valence-corrected chi connectivity index (χ3v) is 1.24. The van der Waals surface area contributed by atoms with Gasteiger partial charge in [0.25, 0.3) is 5.91 Å². The second-order valence-electron chi connectivity index (χ2n) is 2.09. The van der Waals surface area contributed by atoms with E-state index in [4.69, 9.17) is 5.21 Å². The fraction of sp³-hybridized carbons (Fsp3) is 0. The summed E-state index contributed by atoms with van der Waals surface area (Å²) in [6, 6.07) is 3.50. The highest BCUT2D eigenvalue weighted by atomic mass is 16.5. The molecule has 0 saturated heterocycles. The molecule has 4 heteroatoms. The molecule has 1 rings (SSSR count). The summed E-state index contributed by atoms with van der Waals surface area (Å²) < 4.78 is 0. The normalized spacial score (nSPS) is 10.1. The number of hydrogen-bond donors (Lipinski definition) is 2. The van der Waals surface area contributed by atoms with Gasteiger partial charge in [-0.3, -0.25) is 15.0 Å². The molecule has 12 heavy (non-hydrogen) atoms. The van der Waals surface area contributed by atoms with Crippen LogP contribution in [0.2, 0.25) is 0 Å². The van der Waals surface area contributed by atoms with Gasteiger partial charge in [-0.25, -0.2) is 5.48 Å². The number of carbonyl (C=O) groups is 1. The number of hydroxylamine groups is 1. The van der Waals surface area contributed by atoms with Crippen molar-refractivity contribution in [3.63, 3.8) is 0 Å². The van der Waals surface area contributed by atoms with Crippen LogP contribution in [0.3, 0.4) is 0 Å². The molecule has 0 aliphatic carbocycles. The summed E-state index contributed by atoms with van der Waals surface area (Å²) in [5, 5.41) is 8.15. The Balaban J connectivity index is 2.64. The van der Waals surface area contributed by atoms with Crippen LogP contribution in [0.1, 0.15) is 5.56 Å². The molecule has 0 aliphatic rings. The van der Waals surface area contributed by atoms with E-state index in [1.54, 1.807) is 30.6 Å². The van der Waals surface area contributed by atoms with Crippen LogP contribution in [0, 0.1) is 0 Å². The zero-order valence-electron chi connectivity index (χ0n) is 6.27. The van der Waals surface area contributed by atoms with Crippen molar-refractivity contribution in [2.24, 2.45) is 0 Å². The van der Waals surface area contributed by atoms with E-state index in [-0.39, 0.29) is 0 Å². The lowest BCUT2D eigenvalue weighted by atomic mass is 10.2. The number of carbonyl (C=O) groups excluding carboxylic acids is 1. The lowest BCUT2D eigenvalue weighted by molar-refractivity contribution is -0.124. The summed E-state index contributed by atoms with van der Waals surface area (Å²) in [5.74, 6) is -0.549. The maximum atomic E-state index is 10.5. The first kappa shape index (κ1) is 8.42. The zero-order valence-corrected chi connectivity index (χ0v) is 6.27. The first-order valence-corrected chi connectivity index (χ1v) is 3.35.